The molecule has 2 heterocycles. The van der Waals surface area contributed by atoms with Crippen molar-refractivity contribution in [3.63, 3.8) is 0 Å². The van der Waals surface area contributed by atoms with Gasteiger partial charge in [-0.3, -0.25) is 0 Å². The van der Waals surface area contributed by atoms with Crippen LogP contribution in [0, 0.1) is 19.3 Å². The lowest BCUT2D eigenvalue weighted by molar-refractivity contribution is 1.06. The number of rotatable bonds is 0. The fourth-order valence-electron chi connectivity index (χ4n) is 1.18. The Bertz CT molecular complexity index is 497. The Kier molecular flexibility index (Phi) is 1.67. The van der Waals surface area contributed by atoms with Gasteiger partial charge in [-0.05, 0) is 25.0 Å². The molecule has 0 N–H and O–H groups in total. The van der Waals surface area contributed by atoms with Gasteiger partial charge in [0.2, 0.25) is 0 Å². The summed E-state index contributed by atoms with van der Waals surface area (Å²) in [4.78, 5) is 12.4. The van der Waals surface area contributed by atoms with E-state index in [4.69, 9.17) is 6.42 Å². The second kappa shape index (κ2) is 2.83. The Balaban J connectivity index is 2.91. The summed E-state index contributed by atoms with van der Waals surface area (Å²) in [5.41, 5.74) is 1.26. The largest absolute Gasteiger partial charge is 0.236 e. The standard InChI is InChI=1S/C10H7N3/c1-3-9-8-5-4-6-11-10(8)13-7(2)12-9/h1,4-6H,2H3. The minimum absolute atomic E-state index is 0.607. The van der Waals surface area contributed by atoms with Crippen molar-refractivity contribution >= 4 is 11.0 Å². The number of hydrogen-bond donors (Lipinski definition) is 0. The zero-order valence-corrected chi connectivity index (χ0v) is 7.15. The predicted octanol–water partition coefficient (Wildman–Crippen LogP) is 1.31. The number of hydrogen-bond acceptors (Lipinski definition) is 3. The maximum absolute atomic E-state index is 5.32. The summed E-state index contributed by atoms with van der Waals surface area (Å²) in [7, 11) is 0. The van der Waals surface area contributed by atoms with Crippen molar-refractivity contribution in [2.75, 3.05) is 0 Å². The minimum Gasteiger partial charge on any atom is -0.236 e. The zero-order chi connectivity index (χ0) is 9.26. The van der Waals surface area contributed by atoms with Gasteiger partial charge in [0.25, 0.3) is 0 Å². The molecule has 0 aliphatic rings. The van der Waals surface area contributed by atoms with Gasteiger partial charge < -0.3 is 0 Å². The lowest BCUT2D eigenvalue weighted by Crippen LogP contribution is -1.95. The smallest absolute Gasteiger partial charge is 0.164 e. The van der Waals surface area contributed by atoms with Crippen LogP contribution in [-0.4, -0.2) is 15.0 Å². The molecule has 0 saturated heterocycles. The molecule has 0 amide bonds. The Morgan fingerprint density at radius 3 is 3.00 bits per heavy atom. The number of aromatic nitrogens is 3. The minimum atomic E-state index is 0.607. The highest BCUT2D eigenvalue weighted by Gasteiger charge is 2.02. The van der Waals surface area contributed by atoms with Gasteiger partial charge in [0.15, 0.2) is 5.65 Å². The monoisotopic (exact) mass is 169 g/mol. The van der Waals surface area contributed by atoms with Gasteiger partial charge >= 0.3 is 0 Å². The molecule has 0 bridgehead atoms. The number of fused-ring (bicyclic) bond motifs is 1. The molecule has 2 aromatic rings. The van der Waals surface area contributed by atoms with E-state index in [0.717, 1.165) is 5.39 Å². The summed E-state index contributed by atoms with van der Waals surface area (Å²) in [6.07, 6.45) is 7.01. The van der Waals surface area contributed by atoms with Gasteiger partial charge in [-0.25, -0.2) is 15.0 Å². The molecule has 0 spiro atoms. The molecule has 3 nitrogen and oxygen atoms in total. The molecule has 2 rings (SSSR count). The number of terminal acetylenes is 1. The summed E-state index contributed by atoms with van der Waals surface area (Å²) >= 11 is 0. The van der Waals surface area contributed by atoms with Crippen LogP contribution in [0.15, 0.2) is 18.3 Å². The van der Waals surface area contributed by atoms with E-state index in [0.29, 0.717) is 17.2 Å². The van der Waals surface area contributed by atoms with Gasteiger partial charge in [-0.15, -0.1) is 6.42 Å². The first-order chi connectivity index (χ1) is 6.31. The molecule has 0 saturated carbocycles. The van der Waals surface area contributed by atoms with Crippen LogP contribution < -0.4 is 0 Å². The predicted molar refractivity (Wildman–Crippen MR) is 50.0 cm³/mol. The van der Waals surface area contributed by atoms with E-state index in [9.17, 15) is 0 Å². The van der Waals surface area contributed by atoms with Crippen LogP contribution in [0.4, 0.5) is 0 Å². The van der Waals surface area contributed by atoms with E-state index >= 15 is 0 Å². The summed E-state index contributed by atoms with van der Waals surface area (Å²) in [6.45, 7) is 1.80. The van der Waals surface area contributed by atoms with Crippen LogP contribution in [0.2, 0.25) is 0 Å². The normalized spacial score (nSPS) is 9.85. The average molecular weight is 169 g/mol. The lowest BCUT2D eigenvalue weighted by Gasteiger charge is -1.99. The van der Waals surface area contributed by atoms with Gasteiger partial charge in [0, 0.05) is 6.20 Å². The van der Waals surface area contributed by atoms with Crippen LogP contribution in [0.5, 0.6) is 0 Å². The Morgan fingerprint density at radius 1 is 1.38 bits per heavy atom. The summed E-state index contributed by atoms with van der Waals surface area (Å²) in [5, 5.41) is 0.829. The quantitative estimate of drug-likeness (QED) is 0.558. The topological polar surface area (TPSA) is 38.7 Å². The van der Waals surface area contributed by atoms with Gasteiger partial charge in [0.1, 0.15) is 11.5 Å². The molecule has 0 unspecified atom stereocenters. The van der Waals surface area contributed by atoms with Crippen LogP contribution in [-0.2, 0) is 0 Å². The Hall–Kier alpha value is -1.95. The Morgan fingerprint density at radius 2 is 2.23 bits per heavy atom. The van der Waals surface area contributed by atoms with Crippen molar-refractivity contribution in [3.8, 4) is 12.3 Å². The maximum Gasteiger partial charge on any atom is 0.164 e. The van der Waals surface area contributed by atoms with Gasteiger partial charge in [-0.1, -0.05) is 0 Å². The first-order valence-electron chi connectivity index (χ1n) is 3.87. The SMILES string of the molecule is C#Cc1nc(C)nc2ncccc12. The van der Waals surface area contributed by atoms with E-state index < -0.39 is 0 Å². The van der Waals surface area contributed by atoms with Crippen molar-refractivity contribution in [2.45, 2.75) is 6.92 Å². The van der Waals surface area contributed by atoms with E-state index in [2.05, 4.69) is 20.9 Å². The molecular weight excluding hydrogens is 162 g/mol. The average Bonchev–Trinajstić information content (AvgIpc) is 2.16. The third-order valence-corrected chi connectivity index (χ3v) is 1.72. The molecular formula is C10H7N3. The first-order valence-corrected chi connectivity index (χ1v) is 3.87. The van der Waals surface area contributed by atoms with Crippen LogP contribution in [0.1, 0.15) is 11.5 Å². The van der Waals surface area contributed by atoms with Crippen molar-refractivity contribution in [1.82, 2.24) is 15.0 Å². The molecule has 0 atom stereocenters. The number of nitrogens with zero attached hydrogens (tertiary/aromatic N) is 3. The second-order valence-electron chi connectivity index (χ2n) is 2.64. The van der Waals surface area contributed by atoms with E-state index in [-0.39, 0.29) is 0 Å². The van der Waals surface area contributed by atoms with E-state index in [1.165, 1.54) is 0 Å². The van der Waals surface area contributed by atoms with Crippen molar-refractivity contribution < 1.29 is 0 Å². The summed E-state index contributed by atoms with van der Waals surface area (Å²) in [6, 6.07) is 3.69. The van der Waals surface area contributed by atoms with E-state index in [1.54, 1.807) is 13.1 Å². The number of aryl methyl sites for hydroxylation is 1. The van der Waals surface area contributed by atoms with Crippen molar-refractivity contribution in [2.24, 2.45) is 0 Å². The number of pyridine rings is 1. The van der Waals surface area contributed by atoms with Crippen molar-refractivity contribution in [1.29, 1.82) is 0 Å². The Labute approximate surface area is 75.9 Å². The highest BCUT2D eigenvalue weighted by atomic mass is 14.9. The molecule has 2 aromatic heterocycles. The van der Waals surface area contributed by atoms with Crippen LogP contribution in [0.3, 0.4) is 0 Å². The van der Waals surface area contributed by atoms with Crippen LogP contribution >= 0.6 is 0 Å². The molecule has 0 aliphatic heterocycles. The van der Waals surface area contributed by atoms with Crippen molar-refractivity contribution in [3.05, 3.63) is 29.8 Å². The van der Waals surface area contributed by atoms with Gasteiger partial charge in [0.05, 0.1) is 5.39 Å². The van der Waals surface area contributed by atoms with Gasteiger partial charge in [-0.2, -0.15) is 0 Å². The molecule has 0 fully saturated rings. The maximum atomic E-state index is 5.32. The molecule has 0 aromatic carbocycles. The molecule has 0 aliphatic carbocycles. The molecule has 0 radical (unpaired) electrons. The summed E-state index contributed by atoms with van der Waals surface area (Å²) in [5.74, 6) is 3.17. The lowest BCUT2D eigenvalue weighted by atomic mass is 10.2. The third-order valence-electron chi connectivity index (χ3n) is 1.72. The third kappa shape index (κ3) is 1.23. The summed E-state index contributed by atoms with van der Waals surface area (Å²) < 4.78 is 0. The fraction of sp³-hybridized carbons (Fsp3) is 0.100. The highest BCUT2D eigenvalue weighted by Crippen LogP contribution is 2.11. The molecule has 13 heavy (non-hydrogen) atoms. The first kappa shape index (κ1) is 7.69. The second-order valence-corrected chi connectivity index (χ2v) is 2.64. The van der Waals surface area contributed by atoms with E-state index in [1.807, 2.05) is 12.1 Å². The highest BCUT2D eigenvalue weighted by molar-refractivity contribution is 5.79. The fourth-order valence-corrected chi connectivity index (χ4v) is 1.18. The van der Waals surface area contributed by atoms with Crippen LogP contribution in [0.25, 0.3) is 11.0 Å². The molecule has 62 valence electrons. The molecule has 3 heteroatoms. The zero-order valence-electron chi connectivity index (χ0n) is 7.15.